The molecule has 1 aromatic heterocycles. The summed E-state index contributed by atoms with van der Waals surface area (Å²) in [5.74, 6) is 0.392. The standard InChI is InChI=1S/C14H15BrN2O2/c1-9-8-16-4-5-17(9)14(18)13-7-10-6-11(15)2-3-12(10)19-13/h2-3,6-7,9,16H,4-5,8H2,1H3/t9-/m1/s1. The Morgan fingerprint density at radius 1 is 1.47 bits per heavy atom. The normalized spacial score (nSPS) is 19.9. The van der Waals surface area contributed by atoms with Gasteiger partial charge < -0.3 is 14.6 Å². The van der Waals surface area contributed by atoms with Crippen molar-refractivity contribution in [3.8, 4) is 0 Å². The molecule has 4 nitrogen and oxygen atoms in total. The largest absolute Gasteiger partial charge is 0.451 e. The highest BCUT2D eigenvalue weighted by Crippen LogP contribution is 2.24. The molecule has 5 heteroatoms. The Morgan fingerprint density at radius 3 is 3.11 bits per heavy atom. The Hall–Kier alpha value is -1.33. The van der Waals surface area contributed by atoms with E-state index in [9.17, 15) is 4.79 Å². The molecule has 1 saturated heterocycles. The lowest BCUT2D eigenvalue weighted by molar-refractivity contribution is 0.0625. The maximum Gasteiger partial charge on any atom is 0.289 e. The maximum absolute atomic E-state index is 12.5. The number of fused-ring (bicyclic) bond motifs is 1. The molecule has 1 fully saturated rings. The Morgan fingerprint density at radius 2 is 2.32 bits per heavy atom. The van der Waals surface area contributed by atoms with Crippen LogP contribution in [0.15, 0.2) is 33.2 Å². The molecule has 0 radical (unpaired) electrons. The summed E-state index contributed by atoms with van der Waals surface area (Å²) in [6.07, 6.45) is 0. The predicted octanol–water partition coefficient (Wildman–Crippen LogP) is 2.63. The molecule has 19 heavy (non-hydrogen) atoms. The number of nitrogens with one attached hydrogen (secondary N) is 1. The second-order valence-corrected chi connectivity index (χ2v) is 5.76. The van der Waals surface area contributed by atoms with E-state index < -0.39 is 0 Å². The van der Waals surface area contributed by atoms with Gasteiger partial charge in [-0.25, -0.2) is 0 Å². The van der Waals surface area contributed by atoms with Gasteiger partial charge in [-0.1, -0.05) is 15.9 Å². The van der Waals surface area contributed by atoms with Crippen molar-refractivity contribution in [1.29, 1.82) is 0 Å². The molecule has 1 amide bonds. The van der Waals surface area contributed by atoms with Crippen LogP contribution in [-0.2, 0) is 0 Å². The molecule has 1 aliphatic heterocycles. The molecular formula is C14H15BrN2O2. The molecule has 2 heterocycles. The van der Waals surface area contributed by atoms with Crippen molar-refractivity contribution in [2.75, 3.05) is 19.6 Å². The lowest BCUT2D eigenvalue weighted by Gasteiger charge is -2.33. The highest BCUT2D eigenvalue weighted by atomic mass is 79.9. The molecule has 100 valence electrons. The molecule has 1 N–H and O–H groups in total. The molecular weight excluding hydrogens is 308 g/mol. The summed E-state index contributed by atoms with van der Waals surface area (Å²) >= 11 is 3.42. The SMILES string of the molecule is C[C@@H]1CNCCN1C(=O)c1cc2cc(Br)ccc2o1. The number of hydrogen-bond donors (Lipinski definition) is 1. The van der Waals surface area contributed by atoms with E-state index in [2.05, 4.69) is 21.2 Å². The third-order valence-corrected chi connectivity index (χ3v) is 3.94. The average molecular weight is 323 g/mol. The van der Waals surface area contributed by atoms with Gasteiger partial charge in [-0.2, -0.15) is 0 Å². The quantitative estimate of drug-likeness (QED) is 0.877. The zero-order valence-corrected chi connectivity index (χ0v) is 12.2. The Bertz CT molecular complexity index is 623. The monoisotopic (exact) mass is 322 g/mol. The molecule has 3 rings (SSSR count). The second kappa shape index (κ2) is 4.98. The summed E-state index contributed by atoms with van der Waals surface area (Å²) in [5, 5.41) is 4.22. The lowest BCUT2D eigenvalue weighted by Crippen LogP contribution is -2.52. The summed E-state index contributed by atoms with van der Waals surface area (Å²) in [6.45, 7) is 4.43. The molecule has 1 atom stereocenters. The first kappa shape index (κ1) is 12.7. The van der Waals surface area contributed by atoms with E-state index in [1.165, 1.54) is 0 Å². The van der Waals surface area contributed by atoms with Crippen molar-refractivity contribution in [3.05, 3.63) is 34.5 Å². The molecule has 0 bridgehead atoms. The van der Waals surface area contributed by atoms with Crippen LogP contribution in [0.25, 0.3) is 11.0 Å². The van der Waals surface area contributed by atoms with Crippen LogP contribution in [0.4, 0.5) is 0 Å². The van der Waals surface area contributed by atoms with E-state index >= 15 is 0 Å². The van der Waals surface area contributed by atoms with Gasteiger partial charge in [0.05, 0.1) is 0 Å². The van der Waals surface area contributed by atoms with Crippen LogP contribution >= 0.6 is 15.9 Å². The summed E-state index contributed by atoms with van der Waals surface area (Å²) < 4.78 is 6.64. The first-order valence-corrected chi connectivity index (χ1v) is 7.15. The molecule has 1 aliphatic rings. The number of carbonyl (C=O) groups excluding carboxylic acids is 1. The molecule has 0 unspecified atom stereocenters. The summed E-state index contributed by atoms with van der Waals surface area (Å²) in [4.78, 5) is 14.3. The van der Waals surface area contributed by atoms with Gasteiger partial charge in [0.1, 0.15) is 5.58 Å². The molecule has 0 saturated carbocycles. The topological polar surface area (TPSA) is 45.5 Å². The fourth-order valence-electron chi connectivity index (χ4n) is 2.40. The van der Waals surface area contributed by atoms with Crippen molar-refractivity contribution >= 4 is 32.8 Å². The van der Waals surface area contributed by atoms with Crippen molar-refractivity contribution in [2.24, 2.45) is 0 Å². The molecule has 0 spiro atoms. The van der Waals surface area contributed by atoms with E-state index in [-0.39, 0.29) is 11.9 Å². The van der Waals surface area contributed by atoms with Gasteiger partial charge in [0, 0.05) is 35.5 Å². The van der Waals surface area contributed by atoms with E-state index in [1.54, 1.807) is 0 Å². The van der Waals surface area contributed by atoms with Gasteiger partial charge in [0.2, 0.25) is 0 Å². The molecule has 2 aromatic rings. The molecule has 1 aromatic carbocycles. The van der Waals surface area contributed by atoms with Crippen molar-refractivity contribution < 1.29 is 9.21 Å². The van der Waals surface area contributed by atoms with Gasteiger partial charge in [-0.05, 0) is 31.2 Å². The number of nitrogens with zero attached hydrogens (tertiary/aromatic N) is 1. The van der Waals surface area contributed by atoms with Crippen LogP contribution in [0.2, 0.25) is 0 Å². The van der Waals surface area contributed by atoms with E-state index in [0.29, 0.717) is 5.76 Å². The minimum Gasteiger partial charge on any atom is -0.451 e. The van der Waals surface area contributed by atoms with Crippen LogP contribution in [0.5, 0.6) is 0 Å². The van der Waals surface area contributed by atoms with Crippen LogP contribution in [0.1, 0.15) is 17.5 Å². The minimum absolute atomic E-state index is 0.0266. The van der Waals surface area contributed by atoms with Crippen LogP contribution < -0.4 is 5.32 Å². The van der Waals surface area contributed by atoms with Gasteiger partial charge >= 0.3 is 0 Å². The number of rotatable bonds is 1. The Balaban J connectivity index is 1.92. The second-order valence-electron chi connectivity index (χ2n) is 4.84. The summed E-state index contributed by atoms with van der Waals surface area (Å²) in [5.41, 5.74) is 0.745. The predicted molar refractivity (Wildman–Crippen MR) is 77.3 cm³/mol. The van der Waals surface area contributed by atoms with Crippen molar-refractivity contribution in [3.63, 3.8) is 0 Å². The van der Waals surface area contributed by atoms with Crippen LogP contribution in [0, 0.1) is 0 Å². The van der Waals surface area contributed by atoms with Crippen LogP contribution in [0.3, 0.4) is 0 Å². The van der Waals surface area contributed by atoms with Gasteiger partial charge in [0.15, 0.2) is 5.76 Å². The Kier molecular flexibility index (Phi) is 3.33. The molecule has 0 aliphatic carbocycles. The van der Waals surface area contributed by atoms with E-state index in [1.807, 2.05) is 36.1 Å². The number of amides is 1. The van der Waals surface area contributed by atoms with Crippen molar-refractivity contribution in [1.82, 2.24) is 10.2 Å². The summed E-state index contributed by atoms with van der Waals surface area (Å²) in [6, 6.07) is 7.75. The zero-order chi connectivity index (χ0) is 13.4. The number of halogens is 1. The van der Waals surface area contributed by atoms with Gasteiger partial charge in [0.25, 0.3) is 5.91 Å². The van der Waals surface area contributed by atoms with E-state index in [4.69, 9.17) is 4.42 Å². The fourth-order valence-corrected chi connectivity index (χ4v) is 2.78. The lowest BCUT2D eigenvalue weighted by atomic mass is 10.2. The fraction of sp³-hybridized carbons (Fsp3) is 0.357. The smallest absolute Gasteiger partial charge is 0.289 e. The highest BCUT2D eigenvalue weighted by molar-refractivity contribution is 9.10. The third-order valence-electron chi connectivity index (χ3n) is 3.45. The highest BCUT2D eigenvalue weighted by Gasteiger charge is 2.26. The van der Waals surface area contributed by atoms with Crippen LogP contribution in [-0.4, -0.2) is 36.5 Å². The maximum atomic E-state index is 12.5. The number of benzene rings is 1. The van der Waals surface area contributed by atoms with Gasteiger partial charge in [-0.3, -0.25) is 4.79 Å². The summed E-state index contributed by atoms with van der Waals surface area (Å²) in [7, 11) is 0. The van der Waals surface area contributed by atoms with Crippen molar-refractivity contribution in [2.45, 2.75) is 13.0 Å². The first-order valence-electron chi connectivity index (χ1n) is 6.36. The number of piperazine rings is 1. The number of carbonyl (C=O) groups is 1. The zero-order valence-electron chi connectivity index (χ0n) is 10.6. The first-order chi connectivity index (χ1) is 9.15. The van der Waals surface area contributed by atoms with Gasteiger partial charge in [-0.15, -0.1) is 0 Å². The minimum atomic E-state index is -0.0266. The number of hydrogen-bond acceptors (Lipinski definition) is 3. The number of furan rings is 1. The van der Waals surface area contributed by atoms with E-state index in [0.717, 1.165) is 35.1 Å². The third kappa shape index (κ3) is 2.40. The average Bonchev–Trinajstić information content (AvgIpc) is 2.81. The Labute approximate surface area is 119 Å².